The second-order valence-electron chi connectivity index (χ2n) is 6.90. The fraction of sp³-hybridized carbons (Fsp3) is 0.474. The molecule has 0 unspecified atom stereocenters. The van der Waals surface area contributed by atoms with E-state index in [0.717, 1.165) is 41.3 Å². The third-order valence-electron chi connectivity index (χ3n) is 5.02. The highest BCUT2D eigenvalue weighted by atomic mass is 35.5. The largest absolute Gasteiger partial charge is 0.333 e. The molecule has 4 nitrogen and oxygen atoms in total. The highest BCUT2D eigenvalue weighted by Crippen LogP contribution is 2.45. The number of piperidine rings is 1. The number of hydrogen-bond acceptors (Lipinski definition) is 4. The molecule has 1 aliphatic heterocycles. The molecule has 2 heterocycles. The molecule has 1 aromatic heterocycles. The smallest absolute Gasteiger partial charge is 0.274 e. The number of carbonyl (C=O) groups excluding carboxylic acids is 1. The van der Waals surface area contributed by atoms with Gasteiger partial charge in [-0.05, 0) is 49.8 Å². The zero-order valence-corrected chi connectivity index (χ0v) is 15.7. The fourth-order valence-corrected chi connectivity index (χ4v) is 4.87. The van der Waals surface area contributed by atoms with Crippen LogP contribution in [0.2, 0.25) is 5.02 Å². The summed E-state index contributed by atoms with van der Waals surface area (Å²) < 4.78 is 0. The topological polar surface area (TPSA) is 59.2 Å². The van der Waals surface area contributed by atoms with Gasteiger partial charge in [0.25, 0.3) is 5.91 Å². The van der Waals surface area contributed by atoms with E-state index in [1.54, 1.807) is 11.3 Å². The molecule has 2 N–H and O–H groups in total. The van der Waals surface area contributed by atoms with E-state index in [2.05, 4.69) is 0 Å². The van der Waals surface area contributed by atoms with Crippen molar-refractivity contribution < 1.29 is 4.79 Å². The Bertz CT molecular complexity index is 787. The second kappa shape index (κ2) is 7.06. The molecule has 6 heteroatoms. The highest BCUT2D eigenvalue weighted by molar-refractivity contribution is 7.15. The van der Waals surface area contributed by atoms with Crippen molar-refractivity contribution in [2.24, 2.45) is 5.73 Å². The van der Waals surface area contributed by atoms with Crippen LogP contribution >= 0.6 is 22.9 Å². The van der Waals surface area contributed by atoms with Gasteiger partial charge >= 0.3 is 0 Å². The minimum Gasteiger partial charge on any atom is -0.333 e. The number of hydrogen-bond donors (Lipinski definition) is 1. The number of rotatable bonds is 4. The number of nitrogens with two attached hydrogens (primary N) is 1. The van der Waals surface area contributed by atoms with Crippen LogP contribution in [0.3, 0.4) is 0 Å². The van der Waals surface area contributed by atoms with Gasteiger partial charge in [0.1, 0.15) is 5.69 Å². The first-order chi connectivity index (χ1) is 12.2. The molecule has 1 aromatic carbocycles. The second-order valence-corrected chi connectivity index (χ2v) is 8.37. The molecule has 2 fully saturated rings. The van der Waals surface area contributed by atoms with Crippen molar-refractivity contribution in [2.45, 2.75) is 44.1 Å². The molecule has 2 aliphatic rings. The van der Waals surface area contributed by atoms with Crippen molar-refractivity contribution in [3.8, 4) is 10.4 Å². The summed E-state index contributed by atoms with van der Waals surface area (Å²) in [6.07, 6.45) is 5.50. The van der Waals surface area contributed by atoms with Crippen molar-refractivity contribution >= 4 is 28.8 Å². The molecule has 0 bridgehead atoms. The number of nitrogens with zero attached hydrogens (tertiary/aromatic N) is 2. The molecule has 132 valence electrons. The summed E-state index contributed by atoms with van der Waals surface area (Å²) in [6.45, 7) is 1.28. The van der Waals surface area contributed by atoms with Crippen LogP contribution < -0.4 is 5.73 Å². The number of thiazole rings is 1. The van der Waals surface area contributed by atoms with Crippen LogP contribution in [0.15, 0.2) is 24.3 Å². The molecular weight excluding hydrogens is 354 g/mol. The lowest BCUT2D eigenvalue weighted by atomic mass is 10.0. The first-order valence-electron chi connectivity index (χ1n) is 8.95. The van der Waals surface area contributed by atoms with Gasteiger partial charge < -0.3 is 10.6 Å². The van der Waals surface area contributed by atoms with Gasteiger partial charge in [0.15, 0.2) is 0 Å². The van der Waals surface area contributed by atoms with Gasteiger partial charge in [0, 0.05) is 30.1 Å². The van der Waals surface area contributed by atoms with Gasteiger partial charge in [0.2, 0.25) is 0 Å². The molecule has 1 atom stereocenters. The molecule has 1 aliphatic carbocycles. The lowest BCUT2D eigenvalue weighted by Gasteiger charge is -2.34. The van der Waals surface area contributed by atoms with Gasteiger partial charge in [-0.25, -0.2) is 4.98 Å². The van der Waals surface area contributed by atoms with E-state index >= 15 is 0 Å². The third kappa shape index (κ3) is 3.46. The average Bonchev–Trinajstić information content (AvgIpc) is 3.39. The summed E-state index contributed by atoms with van der Waals surface area (Å²) in [6, 6.07) is 7.82. The van der Waals surface area contributed by atoms with E-state index in [0.29, 0.717) is 23.2 Å². The molecule has 2 aromatic rings. The summed E-state index contributed by atoms with van der Waals surface area (Å²) in [4.78, 5) is 20.9. The summed E-state index contributed by atoms with van der Waals surface area (Å²) in [7, 11) is 0. The SMILES string of the molecule is NC[C@@H]1CCCCN1C(=O)c1nc(C2CC2)sc1-c1cccc(Cl)c1. The van der Waals surface area contributed by atoms with E-state index in [-0.39, 0.29) is 11.9 Å². The highest BCUT2D eigenvalue weighted by Gasteiger charge is 2.34. The van der Waals surface area contributed by atoms with E-state index in [1.807, 2.05) is 29.2 Å². The molecule has 1 amide bonds. The predicted molar refractivity (Wildman–Crippen MR) is 102 cm³/mol. The molecule has 0 radical (unpaired) electrons. The van der Waals surface area contributed by atoms with E-state index in [1.165, 1.54) is 12.8 Å². The lowest BCUT2D eigenvalue weighted by molar-refractivity contribution is 0.0618. The quantitative estimate of drug-likeness (QED) is 0.866. The van der Waals surface area contributed by atoms with Crippen LogP contribution in [0.1, 0.15) is 53.5 Å². The van der Waals surface area contributed by atoms with Crippen LogP contribution in [0.5, 0.6) is 0 Å². The Morgan fingerprint density at radius 3 is 2.88 bits per heavy atom. The first kappa shape index (κ1) is 17.0. The maximum atomic E-state index is 13.3. The van der Waals surface area contributed by atoms with Crippen LogP contribution in [0, 0.1) is 0 Å². The molecule has 1 saturated carbocycles. The summed E-state index contributed by atoms with van der Waals surface area (Å²) in [5.74, 6) is 0.546. The summed E-state index contributed by atoms with van der Waals surface area (Å²) >= 11 is 7.82. The van der Waals surface area contributed by atoms with Crippen molar-refractivity contribution in [1.29, 1.82) is 0 Å². The lowest BCUT2D eigenvalue weighted by Crippen LogP contribution is -2.47. The Hall–Kier alpha value is -1.43. The van der Waals surface area contributed by atoms with Crippen LogP contribution in [0.4, 0.5) is 0 Å². The van der Waals surface area contributed by atoms with Crippen molar-refractivity contribution in [1.82, 2.24) is 9.88 Å². The first-order valence-corrected chi connectivity index (χ1v) is 10.1. The molecule has 25 heavy (non-hydrogen) atoms. The van der Waals surface area contributed by atoms with Crippen molar-refractivity contribution in [3.63, 3.8) is 0 Å². The Labute approximate surface area is 157 Å². The number of carbonyl (C=O) groups is 1. The van der Waals surface area contributed by atoms with Crippen LogP contribution in [0.25, 0.3) is 10.4 Å². The Morgan fingerprint density at radius 2 is 2.16 bits per heavy atom. The molecule has 1 saturated heterocycles. The maximum Gasteiger partial charge on any atom is 0.274 e. The zero-order chi connectivity index (χ0) is 17.4. The Morgan fingerprint density at radius 1 is 1.32 bits per heavy atom. The summed E-state index contributed by atoms with van der Waals surface area (Å²) in [5.41, 5.74) is 7.46. The number of aromatic nitrogens is 1. The van der Waals surface area contributed by atoms with Crippen LogP contribution in [-0.4, -0.2) is 34.9 Å². The van der Waals surface area contributed by atoms with Crippen molar-refractivity contribution in [2.75, 3.05) is 13.1 Å². The summed E-state index contributed by atoms with van der Waals surface area (Å²) in [5, 5.41) is 1.76. The van der Waals surface area contributed by atoms with E-state index in [9.17, 15) is 4.79 Å². The van der Waals surface area contributed by atoms with Gasteiger partial charge in [-0.2, -0.15) is 0 Å². The minimum atomic E-state index is 0.0216. The number of halogens is 1. The van der Waals surface area contributed by atoms with E-state index < -0.39 is 0 Å². The fourth-order valence-electron chi connectivity index (χ4n) is 3.46. The van der Waals surface area contributed by atoms with Gasteiger partial charge in [0.05, 0.1) is 9.88 Å². The molecule has 0 spiro atoms. The van der Waals surface area contributed by atoms with E-state index in [4.69, 9.17) is 22.3 Å². The standard InChI is InChI=1S/C19H22ClN3OS/c20-14-5-3-4-13(10-14)17-16(22-18(25-17)12-7-8-12)19(24)23-9-2-1-6-15(23)11-21/h3-5,10,12,15H,1-2,6-9,11,21H2/t15-/m0/s1. The predicted octanol–water partition coefficient (Wildman–Crippen LogP) is 4.29. The average molecular weight is 376 g/mol. The van der Waals surface area contributed by atoms with Gasteiger partial charge in [-0.3, -0.25) is 4.79 Å². The monoisotopic (exact) mass is 375 g/mol. The maximum absolute atomic E-state index is 13.3. The van der Waals surface area contributed by atoms with Crippen molar-refractivity contribution in [3.05, 3.63) is 40.0 Å². The molecular formula is C19H22ClN3OS. The number of amides is 1. The molecule has 4 rings (SSSR count). The number of benzene rings is 1. The van der Waals surface area contributed by atoms with Gasteiger partial charge in [-0.15, -0.1) is 11.3 Å². The third-order valence-corrected chi connectivity index (χ3v) is 6.52. The van der Waals surface area contributed by atoms with Gasteiger partial charge in [-0.1, -0.05) is 23.7 Å². The van der Waals surface area contributed by atoms with Crippen LogP contribution in [-0.2, 0) is 0 Å². The Kier molecular flexibility index (Phi) is 4.80. The zero-order valence-electron chi connectivity index (χ0n) is 14.1. The Balaban J connectivity index is 1.73. The number of likely N-dealkylation sites (tertiary alicyclic amines) is 1. The normalized spacial score (nSPS) is 20.7. The minimum absolute atomic E-state index is 0.0216.